The monoisotopic (exact) mass is 401 g/mol. The van der Waals surface area contributed by atoms with Crippen LogP contribution in [0.1, 0.15) is 55.4 Å². The highest BCUT2D eigenvalue weighted by atomic mass is 32.2. The van der Waals surface area contributed by atoms with Crippen molar-refractivity contribution < 1.29 is 19.1 Å². The number of likely N-dealkylation sites (tertiary alicyclic amines) is 1. The zero-order chi connectivity index (χ0) is 20.6. The van der Waals surface area contributed by atoms with Crippen LogP contribution in [0, 0.1) is 0 Å². The lowest BCUT2D eigenvalue weighted by Crippen LogP contribution is -2.70. The van der Waals surface area contributed by atoms with Crippen LogP contribution in [-0.2, 0) is 14.3 Å². The summed E-state index contributed by atoms with van der Waals surface area (Å²) in [6.45, 7) is 16.4. The Morgan fingerprint density at radius 1 is 1.19 bits per heavy atom. The Kier molecular flexibility index (Phi) is 6.44. The second-order valence-electron chi connectivity index (χ2n) is 9.60. The first-order valence-electron chi connectivity index (χ1n) is 9.57. The van der Waals surface area contributed by atoms with Crippen molar-refractivity contribution in [1.82, 2.24) is 15.5 Å². The van der Waals surface area contributed by atoms with Crippen molar-refractivity contribution in [3.8, 4) is 0 Å². The summed E-state index contributed by atoms with van der Waals surface area (Å²) < 4.78 is 11.3. The number of amides is 2. The van der Waals surface area contributed by atoms with Crippen LogP contribution in [0.5, 0.6) is 0 Å². The molecule has 3 atom stereocenters. The van der Waals surface area contributed by atoms with E-state index in [1.807, 2.05) is 39.5 Å². The van der Waals surface area contributed by atoms with E-state index >= 15 is 0 Å². The summed E-state index contributed by atoms with van der Waals surface area (Å²) in [5.74, 6) is 0.913. The average Bonchev–Trinajstić information content (AvgIpc) is 2.81. The Morgan fingerprint density at radius 3 is 2.22 bits per heavy atom. The Labute approximate surface area is 167 Å². The van der Waals surface area contributed by atoms with E-state index in [1.165, 1.54) is 0 Å². The zero-order valence-corrected chi connectivity index (χ0v) is 18.7. The molecule has 2 aliphatic heterocycles. The van der Waals surface area contributed by atoms with Crippen LogP contribution < -0.4 is 10.6 Å². The van der Waals surface area contributed by atoms with Crippen LogP contribution >= 0.6 is 11.8 Å². The lowest BCUT2D eigenvalue weighted by molar-refractivity contribution is -0.147. The molecule has 156 valence electrons. The number of hydrogen-bond acceptors (Lipinski definition) is 6. The second kappa shape index (κ2) is 7.79. The fraction of sp³-hybridized carbons (Fsp3) is 0.895. The molecule has 0 bridgehead atoms. The lowest BCUT2D eigenvalue weighted by Gasteiger charge is -2.49. The van der Waals surface area contributed by atoms with E-state index in [4.69, 9.17) is 9.47 Å². The third-order valence-electron chi connectivity index (χ3n) is 4.27. The van der Waals surface area contributed by atoms with Gasteiger partial charge in [0, 0.05) is 11.8 Å². The Bertz CT molecular complexity index is 564. The van der Waals surface area contributed by atoms with Crippen molar-refractivity contribution in [2.75, 3.05) is 18.8 Å². The second-order valence-corrected chi connectivity index (χ2v) is 11.0. The quantitative estimate of drug-likeness (QED) is 0.753. The van der Waals surface area contributed by atoms with Crippen LogP contribution in [0.15, 0.2) is 0 Å². The SMILES string of the molecule is C[C@@H]1CSC2(CN(C(=O)[C@@H](NC(=O)OC(C)(C)C)[C@@H](C)OC(C)(C)C)C2)N1. The molecule has 2 saturated heterocycles. The van der Waals surface area contributed by atoms with Gasteiger partial charge in [0.25, 0.3) is 0 Å². The molecule has 2 heterocycles. The minimum atomic E-state index is -0.791. The summed E-state index contributed by atoms with van der Waals surface area (Å²) in [6.07, 6.45) is -1.09. The third-order valence-corrected chi connectivity index (χ3v) is 5.87. The van der Waals surface area contributed by atoms with Crippen LogP contribution in [-0.4, -0.2) is 70.0 Å². The number of carbonyl (C=O) groups excluding carboxylic acids is 2. The van der Waals surface area contributed by atoms with Crippen LogP contribution in [0.4, 0.5) is 4.79 Å². The molecule has 0 unspecified atom stereocenters. The van der Waals surface area contributed by atoms with Crippen LogP contribution in [0.3, 0.4) is 0 Å². The van der Waals surface area contributed by atoms with Crippen molar-refractivity contribution >= 4 is 23.8 Å². The molecule has 0 aliphatic carbocycles. The van der Waals surface area contributed by atoms with E-state index in [0.29, 0.717) is 19.1 Å². The maximum Gasteiger partial charge on any atom is 0.408 e. The van der Waals surface area contributed by atoms with Gasteiger partial charge in [-0.25, -0.2) is 4.79 Å². The largest absolute Gasteiger partial charge is 0.444 e. The molecule has 1 spiro atoms. The van der Waals surface area contributed by atoms with Crippen molar-refractivity contribution in [1.29, 1.82) is 0 Å². The minimum Gasteiger partial charge on any atom is -0.444 e. The Balaban J connectivity index is 2.05. The Hall–Kier alpha value is -0.990. The molecule has 2 amide bonds. The van der Waals surface area contributed by atoms with Gasteiger partial charge in [-0.15, -0.1) is 11.8 Å². The summed E-state index contributed by atoms with van der Waals surface area (Å²) in [5, 5.41) is 6.28. The van der Waals surface area contributed by atoms with Crippen molar-refractivity contribution in [3.05, 3.63) is 0 Å². The summed E-state index contributed by atoms with van der Waals surface area (Å²) in [5.41, 5.74) is -1.06. The fourth-order valence-electron chi connectivity index (χ4n) is 3.36. The number of alkyl carbamates (subject to hydrolysis) is 1. The first-order valence-corrected chi connectivity index (χ1v) is 10.6. The van der Waals surface area contributed by atoms with Gasteiger partial charge in [-0.3, -0.25) is 10.1 Å². The number of hydrogen-bond donors (Lipinski definition) is 2. The van der Waals surface area contributed by atoms with E-state index in [0.717, 1.165) is 5.75 Å². The van der Waals surface area contributed by atoms with E-state index in [9.17, 15) is 9.59 Å². The highest BCUT2D eigenvalue weighted by Crippen LogP contribution is 2.38. The van der Waals surface area contributed by atoms with E-state index in [2.05, 4.69) is 17.6 Å². The molecule has 2 fully saturated rings. The van der Waals surface area contributed by atoms with Crippen molar-refractivity contribution in [3.63, 3.8) is 0 Å². The molecule has 2 aliphatic rings. The maximum absolute atomic E-state index is 13.1. The van der Waals surface area contributed by atoms with Gasteiger partial charge in [-0.2, -0.15) is 0 Å². The van der Waals surface area contributed by atoms with Gasteiger partial charge in [0.05, 0.1) is 24.8 Å². The van der Waals surface area contributed by atoms with Gasteiger partial charge in [0.15, 0.2) is 0 Å². The molecule has 27 heavy (non-hydrogen) atoms. The minimum absolute atomic E-state index is 0.0420. The molecule has 8 heteroatoms. The number of rotatable bonds is 4. The molecule has 0 aromatic rings. The Morgan fingerprint density at radius 2 is 1.78 bits per heavy atom. The predicted molar refractivity (Wildman–Crippen MR) is 108 cm³/mol. The highest BCUT2D eigenvalue weighted by Gasteiger charge is 2.51. The first kappa shape index (κ1) is 22.3. The van der Waals surface area contributed by atoms with E-state index in [1.54, 1.807) is 25.7 Å². The smallest absolute Gasteiger partial charge is 0.408 e. The summed E-state index contributed by atoms with van der Waals surface area (Å²) >= 11 is 1.86. The van der Waals surface area contributed by atoms with E-state index < -0.39 is 29.4 Å². The number of nitrogens with one attached hydrogen (secondary N) is 2. The van der Waals surface area contributed by atoms with Gasteiger partial charge >= 0.3 is 6.09 Å². The maximum atomic E-state index is 13.1. The van der Waals surface area contributed by atoms with Gasteiger partial charge < -0.3 is 19.7 Å². The first-order chi connectivity index (χ1) is 12.2. The molecule has 0 saturated carbocycles. The van der Waals surface area contributed by atoms with Crippen LogP contribution in [0.2, 0.25) is 0 Å². The standard InChI is InChI=1S/C19H35N3O4S/c1-12-9-27-19(21-12)10-22(11-19)15(23)14(13(2)25-17(3,4)5)20-16(24)26-18(6,7)8/h12-14,21H,9-11H2,1-8H3,(H,20,24)/t12-,13-,14+/m1/s1. The van der Waals surface area contributed by atoms with Gasteiger partial charge in [0.1, 0.15) is 16.5 Å². The molecule has 0 aromatic carbocycles. The molecular weight excluding hydrogens is 366 g/mol. The van der Waals surface area contributed by atoms with Crippen LogP contribution in [0.25, 0.3) is 0 Å². The molecule has 2 N–H and O–H groups in total. The van der Waals surface area contributed by atoms with Gasteiger partial charge in [0.2, 0.25) is 5.91 Å². The fourth-order valence-corrected chi connectivity index (χ4v) is 4.79. The van der Waals surface area contributed by atoms with E-state index in [-0.39, 0.29) is 10.8 Å². The average molecular weight is 402 g/mol. The topological polar surface area (TPSA) is 79.9 Å². The number of carbonyl (C=O) groups is 2. The number of thioether (sulfide) groups is 1. The van der Waals surface area contributed by atoms with Gasteiger partial charge in [-0.1, -0.05) is 0 Å². The molecule has 7 nitrogen and oxygen atoms in total. The summed E-state index contributed by atoms with van der Waals surface area (Å²) in [4.78, 5) is 27.1. The third kappa shape index (κ3) is 6.26. The molecule has 0 radical (unpaired) electrons. The number of ether oxygens (including phenoxy) is 2. The highest BCUT2D eigenvalue weighted by molar-refractivity contribution is 8.01. The molecular formula is C19H35N3O4S. The van der Waals surface area contributed by atoms with Crippen molar-refractivity contribution in [2.24, 2.45) is 0 Å². The van der Waals surface area contributed by atoms with Crippen molar-refractivity contribution in [2.45, 2.75) is 89.7 Å². The lowest BCUT2D eigenvalue weighted by atomic mass is 10.0. The zero-order valence-electron chi connectivity index (χ0n) is 17.8. The summed E-state index contributed by atoms with van der Waals surface area (Å²) in [7, 11) is 0. The molecule has 2 rings (SSSR count). The summed E-state index contributed by atoms with van der Waals surface area (Å²) in [6, 6.07) is -0.341. The van der Waals surface area contributed by atoms with Gasteiger partial charge in [-0.05, 0) is 55.4 Å². The number of nitrogens with zero attached hydrogens (tertiary/aromatic N) is 1. The molecule has 0 aromatic heterocycles. The normalized spacial score (nSPS) is 24.3. The predicted octanol–water partition coefficient (Wildman–Crippen LogP) is 2.35.